The smallest absolute Gasteiger partial charge is 0.147 e. The van der Waals surface area contributed by atoms with E-state index in [-0.39, 0.29) is 5.78 Å². The lowest BCUT2D eigenvalue weighted by Crippen LogP contribution is -2.04. The number of alkyl halides is 1. The van der Waals surface area contributed by atoms with Crippen molar-refractivity contribution in [3.63, 3.8) is 0 Å². The first-order valence-corrected chi connectivity index (χ1v) is 8.07. The monoisotopic (exact) mass is 304 g/mol. The van der Waals surface area contributed by atoms with Crippen LogP contribution >= 0.6 is 39.5 Å². The fraction of sp³-hybridized carbons (Fsp3) is 0.364. The lowest BCUT2D eigenvalue weighted by Gasteiger charge is -2.07. The van der Waals surface area contributed by atoms with Crippen LogP contribution in [0.4, 0.5) is 0 Å². The van der Waals surface area contributed by atoms with Crippen molar-refractivity contribution in [2.45, 2.75) is 16.2 Å². The molecule has 4 heteroatoms. The number of halogens is 1. The quantitative estimate of drug-likeness (QED) is 0.611. The largest absolute Gasteiger partial charge is 0.298 e. The van der Waals surface area contributed by atoms with Crippen LogP contribution < -0.4 is 0 Å². The molecule has 1 nitrogen and oxygen atoms in total. The Morgan fingerprint density at radius 3 is 2.60 bits per heavy atom. The topological polar surface area (TPSA) is 17.1 Å². The molecule has 0 aliphatic heterocycles. The van der Waals surface area contributed by atoms with Gasteiger partial charge in [0.25, 0.3) is 0 Å². The van der Waals surface area contributed by atoms with Crippen LogP contribution in [0.1, 0.15) is 5.56 Å². The van der Waals surface area contributed by atoms with Gasteiger partial charge in [0.1, 0.15) is 5.78 Å². The highest BCUT2D eigenvalue weighted by Gasteiger charge is 2.07. The highest BCUT2D eigenvalue weighted by Crippen LogP contribution is 2.26. The van der Waals surface area contributed by atoms with Crippen molar-refractivity contribution in [3.8, 4) is 0 Å². The van der Waals surface area contributed by atoms with E-state index in [1.165, 1.54) is 9.79 Å². The molecule has 0 aliphatic rings. The van der Waals surface area contributed by atoms with Crippen molar-refractivity contribution in [3.05, 3.63) is 23.8 Å². The summed E-state index contributed by atoms with van der Waals surface area (Å²) in [5, 5.41) is 0.435. The number of carbonyl (C=O) groups excluding carboxylic acids is 1. The number of benzene rings is 1. The molecule has 0 N–H and O–H groups in total. The van der Waals surface area contributed by atoms with Crippen molar-refractivity contribution in [2.24, 2.45) is 0 Å². The van der Waals surface area contributed by atoms with Crippen molar-refractivity contribution >= 4 is 45.2 Å². The molecule has 1 aromatic carbocycles. The fourth-order valence-corrected chi connectivity index (χ4v) is 2.54. The van der Waals surface area contributed by atoms with E-state index in [0.29, 0.717) is 11.8 Å². The molecule has 1 aromatic rings. The molecule has 0 heterocycles. The van der Waals surface area contributed by atoms with Crippen LogP contribution in [-0.4, -0.2) is 23.6 Å². The van der Waals surface area contributed by atoms with Gasteiger partial charge >= 0.3 is 0 Å². The van der Waals surface area contributed by atoms with Crippen molar-refractivity contribution in [2.75, 3.05) is 17.8 Å². The van der Waals surface area contributed by atoms with Crippen molar-refractivity contribution in [1.82, 2.24) is 0 Å². The molecule has 0 atom stereocenters. The maximum Gasteiger partial charge on any atom is 0.147 e. The molecule has 0 amide bonds. The van der Waals surface area contributed by atoms with Crippen LogP contribution in [0.5, 0.6) is 0 Å². The lowest BCUT2D eigenvalue weighted by atomic mass is 10.1. The number of carbonyl (C=O) groups is 1. The summed E-state index contributed by atoms with van der Waals surface area (Å²) in [6.45, 7) is 0. The summed E-state index contributed by atoms with van der Waals surface area (Å²) in [6, 6.07) is 6.29. The predicted octanol–water partition coefficient (Wildman–Crippen LogP) is 3.64. The van der Waals surface area contributed by atoms with Crippen molar-refractivity contribution < 1.29 is 4.79 Å². The minimum Gasteiger partial charge on any atom is -0.298 e. The zero-order chi connectivity index (χ0) is 11.3. The summed E-state index contributed by atoms with van der Waals surface area (Å²) >= 11 is 6.59. The molecule has 15 heavy (non-hydrogen) atoms. The zero-order valence-corrected chi connectivity index (χ0v) is 12.0. The number of rotatable bonds is 5. The second-order valence-corrected chi connectivity index (χ2v) is 5.32. The number of hydrogen-bond acceptors (Lipinski definition) is 3. The molecule has 82 valence electrons. The Morgan fingerprint density at radius 2 is 2.07 bits per heavy atom. The van der Waals surface area contributed by atoms with Gasteiger partial charge in [-0.25, -0.2) is 0 Å². The Hall–Kier alpha value is 0.0700. The molecular formula is C11H13BrOS2. The lowest BCUT2D eigenvalue weighted by molar-refractivity contribution is -0.115. The van der Waals surface area contributed by atoms with Gasteiger partial charge in [0.15, 0.2) is 0 Å². The highest BCUT2D eigenvalue weighted by atomic mass is 79.9. The Morgan fingerprint density at radius 1 is 1.33 bits per heavy atom. The van der Waals surface area contributed by atoms with Gasteiger partial charge in [0.05, 0.1) is 5.33 Å². The highest BCUT2D eigenvalue weighted by molar-refractivity contribution is 9.09. The normalized spacial score (nSPS) is 10.3. The van der Waals surface area contributed by atoms with Crippen LogP contribution in [0.25, 0.3) is 0 Å². The van der Waals surface area contributed by atoms with Gasteiger partial charge in [-0.15, -0.1) is 23.5 Å². The first-order valence-electron chi connectivity index (χ1n) is 4.49. The average Bonchev–Trinajstić information content (AvgIpc) is 2.28. The number of ketones is 1. The van der Waals surface area contributed by atoms with Gasteiger partial charge < -0.3 is 0 Å². The Bertz CT molecular complexity index is 352. The van der Waals surface area contributed by atoms with Crippen LogP contribution in [0.15, 0.2) is 28.0 Å². The third-order valence-corrected chi connectivity index (χ3v) is 4.21. The van der Waals surface area contributed by atoms with E-state index in [4.69, 9.17) is 0 Å². The number of Topliss-reactive ketones (excluding diaryl/α,β-unsaturated/α-hetero) is 1. The van der Waals surface area contributed by atoms with Gasteiger partial charge in [0.2, 0.25) is 0 Å². The second-order valence-electron chi connectivity index (χ2n) is 3.03. The van der Waals surface area contributed by atoms with Crippen LogP contribution in [0, 0.1) is 0 Å². The molecule has 1 rings (SSSR count). The summed E-state index contributed by atoms with van der Waals surface area (Å²) in [5.74, 6) is 0.226. The average molecular weight is 305 g/mol. The minimum absolute atomic E-state index is 0.226. The molecular weight excluding hydrogens is 292 g/mol. The molecule has 0 radical (unpaired) electrons. The van der Waals surface area contributed by atoms with E-state index in [1.54, 1.807) is 23.5 Å². The second kappa shape index (κ2) is 6.61. The van der Waals surface area contributed by atoms with E-state index in [0.717, 1.165) is 5.56 Å². The standard InChI is InChI=1S/C11H13BrOS2/c1-14-10-3-4-11(15-2)8(6-10)5-9(13)7-12/h3-4,6H,5,7H2,1-2H3. The number of hydrogen-bond donors (Lipinski definition) is 0. The number of thioether (sulfide) groups is 2. The molecule has 0 aliphatic carbocycles. The molecule has 0 saturated heterocycles. The van der Waals surface area contributed by atoms with E-state index in [2.05, 4.69) is 34.1 Å². The first-order chi connectivity index (χ1) is 7.21. The minimum atomic E-state index is 0.226. The molecule has 0 fully saturated rings. The van der Waals surface area contributed by atoms with Crippen molar-refractivity contribution in [1.29, 1.82) is 0 Å². The van der Waals surface area contributed by atoms with E-state index >= 15 is 0 Å². The van der Waals surface area contributed by atoms with Gasteiger partial charge in [-0.05, 0) is 36.3 Å². The maximum absolute atomic E-state index is 11.4. The first kappa shape index (κ1) is 13.1. The third-order valence-electron chi connectivity index (χ3n) is 2.02. The third kappa shape index (κ3) is 3.85. The Balaban J connectivity index is 2.95. The Labute approximate surface area is 108 Å². The molecule has 0 aromatic heterocycles. The predicted molar refractivity (Wildman–Crippen MR) is 72.5 cm³/mol. The summed E-state index contributed by atoms with van der Waals surface area (Å²) in [6.07, 6.45) is 4.61. The molecule has 0 bridgehead atoms. The zero-order valence-electron chi connectivity index (χ0n) is 8.75. The van der Waals surface area contributed by atoms with E-state index < -0.39 is 0 Å². The summed E-state index contributed by atoms with van der Waals surface area (Å²) in [7, 11) is 0. The Kier molecular flexibility index (Phi) is 5.79. The van der Waals surface area contributed by atoms with Gasteiger partial charge in [-0.2, -0.15) is 0 Å². The van der Waals surface area contributed by atoms with Gasteiger partial charge in [-0.1, -0.05) is 15.9 Å². The summed E-state index contributed by atoms with van der Waals surface area (Å²) in [4.78, 5) is 13.8. The van der Waals surface area contributed by atoms with Crippen LogP contribution in [0.2, 0.25) is 0 Å². The molecule has 0 saturated carbocycles. The van der Waals surface area contributed by atoms with Gasteiger partial charge in [0, 0.05) is 16.2 Å². The fourth-order valence-electron chi connectivity index (χ4n) is 1.28. The van der Waals surface area contributed by atoms with E-state index in [1.807, 2.05) is 12.5 Å². The molecule has 0 unspecified atom stereocenters. The van der Waals surface area contributed by atoms with Crippen LogP contribution in [0.3, 0.4) is 0 Å². The SMILES string of the molecule is CSc1ccc(SC)c(CC(=O)CBr)c1. The molecule has 0 spiro atoms. The van der Waals surface area contributed by atoms with E-state index in [9.17, 15) is 4.79 Å². The summed E-state index contributed by atoms with van der Waals surface area (Å²) in [5.41, 5.74) is 1.14. The summed E-state index contributed by atoms with van der Waals surface area (Å²) < 4.78 is 0. The van der Waals surface area contributed by atoms with Gasteiger partial charge in [-0.3, -0.25) is 4.79 Å². The maximum atomic E-state index is 11.4. The van der Waals surface area contributed by atoms with Crippen LogP contribution in [-0.2, 0) is 11.2 Å².